The first-order valence-electron chi connectivity index (χ1n) is 8.71. The summed E-state index contributed by atoms with van der Waals surface area (Å²) in [5, 5.41) is 0. The molecule has 1 aliphatic heterocycles. The quantitative estimate of drug-likeness (QED) is 0.861. The zero-order valence-corrected chi connectivity index (χ0v) is 15.3. The maximum atomic E-state index is 12.8. The molecule has 0 unspecified atom stereocenters. The van der Waals surface area contributed by atoms with Crippen molar-refractivity contribution in [2.45, 2.75) is 33.7 Å². The Labute approximate surface area is 148 Å². The van der Waals surface area contributed by atoms with Crippen LogP contribution in [-0.2, 0) is 0 Å². The average molecular weight is 343 g/mol. The van der Waals surface area contributed by atoms with Gasteiger partial charge >= 0.3 is 0 Å². The van der Waals surface area contributed by atoms with Gasteiger partial charge in [0.2, 0.25) is 0 Å². The number of furan rings is 1. The smallest absolute Gasteiger partial charge is 0.270 e. The number of piperazine rings is 1. The summed E-state index contributed by atoms with van der Waals surface area (Å²) in [5.41, 5.74) is 1.32. The molecule has 3 rings (SSSR count). The number of amides is 2. The first-order chi connectivity index (χ1) is 11.9. The van der Waals surface area contributed by atoms with Crippen molar-refractivity contribution >= 4 is 11.8 Å². The zero-order chi connectivity index (χ0) is 18.1. The molecule has 25 heavy (non-hydrogen) atoms. The fourth-order valence-electron chi connectivity index (χ4n) is 3.31. The zero-order valence-electron chi connectivity index (χ0n) is 15.3. The minimum Gasteiger partial charge on any atom is -0.466 e. The second-order valence-electron chi connectivity index (χ2n) is 6.81. The van der Waals surface area contributed by atoms with Crippen LogP contribution in [-0.4, -0.2) is 52.4 Å². The molecule has 1 fully saturated rings. The third kappa shape index (κ3) is 3.34. The lowest BCUT2D eigenvalue weighted by Gasteiger charge is -2.35. The number of hydrogen-bond acceptors (Lipinski definition) is 3. The monoisotopic (exact) mass is 343 g/mol. The third-order valence-electron chi connectivity index (χ3n) is 4.68. The SMILES string of the molecule is Cc1cc(C(=O)N2CCN(C(=O)c3cccn3C(C)C)CC2)c(C)o1. The molecule has 3 heterocycles. The number of carbonyl (C=O) groups excluding carboxylic acids is 2. The summed E-state index contributed by atoms with van der Waals surface area (Å²) in [6, 6.07) is 5.78. The van der Waals surface area contributed by atoms with Crippen molar-refractivity contribution in [1.82, 2.24) is 14.4 Å². The van der Waals surface area contributed by atoms with Crippen LogP contribution >= 0.6 is 0 Å². The Bertz CT molecular complexity index is 780. The maximum Gasteiger partial charge on any atom is 0.270 e. The number of aryl methyl sites for hydroxylation is 2. The molecule has 1 aliphatic rings. The Morgan fingerprint density at radius 2 is 1.64 bits per heavy atom. The second-order valence-corrected chi connectivity index (χ2v) is 6.81. The normalized spacial score (nSPS) is 15.1. The summed E-state index contributed by atoms with van der Waals surface area (Å²) in [7, 11) is 0. The van der Waals surface area contributed by atoms with E-state index in [2.05, 4.69) is 13.8 Å². The van der Waals surface area contributed by atoms with Crippen LogP contribution in [0.5, 0.6) is 0 Å². The Morgan fingerprint density at radius 3 is 2.16 bits per heavy atom. The van der Waals surface area contributed by atoms with Crippen LogP contribution in [0.25, 0.3) is 0 Å². The number of hydrogen-bond donors (Lipinski definition) is 0. The number of aromatic nitrogens is 1. The summed E-state index contributed by atoms with van der Waals surface area (Å²) in [5.74, 6) is 1.40. The molecule has 0 aliphatic carbocycles. The molecule has 2 aromatic rings. The van der Waals surface area contributed by atoms with E-state index < -0.39 is 0 Å². The summed E-state index contributed by atoms with van der Waals surface area (Å²) < 4.78 is 7.44. The molecule has 0 bridgehead atoms. The highest BCUT2D eigenvalue weighted by Crippen LogP contribution is 2.18. The van der Waals surface area contributed by atoms with Gasteiger partial charge in [-0.15, -0.1) is 0 Å². The van der Waals surface area contributed by atoms with E-state index in [1.54, 1.807) is 17.9 Å². The number of carbonyl (C=O) groups is 2. The van der Waals surface area contributed by atoms with Crippen molar-refractivity contribution in [2.75, 3.05) is 26.2 Å². The molecule has 0 atom stereocenters. The maximum absolute atomic E-state index is 12.8. The standard InChI is InChI=1S/C19H25N3O3/c1-13(2)22-7-5-6-17(22)19(24)21-10-8-20(9-11-21)18(23)16-12-14(3)25-15(16)4/h5-7,12-13H,8-11H2,1-4H3. The van der Waals surface area contributed by atoms with Gasteiger partial charge in [0, 0.05) is 38.4 Å². The Kier molecular flexibility index (Phi) is 4.70. The highest BCUT2D eigenvalue weighted by atomic mass is 16.3. The average Bonchev–Trinajstić information content (AvgIpc) is 3.20. The summed E-state index contributed by atoms with van der Waals surface area (Å²) >= 11 is 0. The largest absolute Gasteiger partial charge is 0.466 e. The van der Waals surface area contributed by atoms with E-state index in [9.17, 15) is 9.59 Å². The predicted molar refractivity (Wildman–Crippen MR) is 94.8 cm³/mol. The van der Waals surface area contributed by atoms with E-state index in [1.807, 2.05) is 34.7 Å². The topological polar surface area (TPSA) is 58.7 Å². The molecule has 6 heteroatoms. The van der Waals surface area contributed by atoms with Gasteiger partial charge in [0.05, 0.1) is 5.56 Å². The predicted octanol–water partition coefficient (Wildman–Crippen LogP) is 2.88. The molecule has 2 amide bonds. The molecule has 0 spiro atoms. The minimum absolute atomic E-state index is 0.0213. The van der Waals surface area contributed by atoms with Crippen molar-refractivity contribution in [3.05, 3.63) is 47.2 Å². The van der Waals surface area contributed by atoms with Gasteiger partial charge in [-0.2, -0.15) is 0 Å². The van der Waals surface area contributed by atoms with Crippen molar-refractivity contribution in [2.24, 2.45) is 0 Å². The lowest BCUT2D eigenvalue weighted by Crippen LogP contribution is -2.51. The van der Waals surface area contributed by atoms with Crippen LogP contribution in [0.4, 0.5) is 0 Å². The van der Waals surface area contributed by atoms with Gasteiger partial charge in [0.25, 0.3) is 11.8 Å². The second kappa shape index (κ2) is 6.78. The lowest BCUT2D eigenvalue weighted by atomic mass is 10.2. The molecule has 6 nitrogen and oxygen atoms in total. The van der Waals surface area contributed by atoms with E-state index in [0.717, 1.165) is 5.76 Å². The molecule has 0 aromatic carbocycles. The van der Waals surface area contributed by atoms with Crippen molar-refractivity contribution in [3.63, 3.8) is 0 Å². The van der Waals surface area contributed by atoms with E-state index >= 15 is 0 Å². The molecule has 0 saturated carbocycles. The van der Waals surface area contributed by atoms with Crippen LogP contribution in [0.15, 0.2) is 28.8 Å². The first-order valence-corrected chi connectivity index (χ1v) is 8.71. The van der Waals surface area contributed by atoms with Crippen LogP contribution < -0.4 is 0 Å². The van der Waals surface area contributed by atoms with E-state index in [1.165, 1.54) is 0 Å². The van der Waals surface area contributed by atoms with E-state index in [-0.39, 0.29) is 17.9 Å². The van der Waals surface area contributed by atoms with Gasteiger partial charge in [-0.3, -0.25) is 9.59 Å². The van der Waals surface area contributed by atoms with Gasteiger partial charge < -0.3 is 18.8 Å². The number of nitrogens with zero attached hydrogens (tertiary/aromatic N) is 3. The van der Waals surface area contributed by atoms with Crippen molar-refractivity contribution in [1.29, 1.82) is 0 Å². The van der Waals surface area contributed by atoms with Gasteiger partial charge in [0.15, 0.2) is 0 Å². The molecular formula is C19H25N3O3. The molecule has 134 valence electrons. The van der Waals surface area contributed by atoms with Crippen LogP contribution in [0.3, 0.4) is 0 Å². The van der Waals surface area contributed by atoms with Gasteiger partial charge in [0.1, 0.15) is 17.2 Å². The van der Waals surface area contributed by atoms with Crippen LogP contribution in [0.2, 0.25) is 0 Å². The Balaban J connectivity index is 1.65. The lowest BCUT2D eigenvalue weighted by molar-refractivity contribution is 0.0528. The summed E-state index contributed by atoms with van der Waals surface area (Å²) in [6.45, 7) is 9.93. The highest BCUT2D eigenvalue weighted by Gasteiger charge is 2.28. The van der Waals surface area contributed by atoms with Gasteiger partial charge in [-0.1, -0.05) is 0 Å². The van der Waals surface area contributed by atoms with Crippen molar-refractivity contribution < 1.29 is 14.0 Å². The molecule has 0 radical (unpaired) electrons. The number of rotatable bonds is 3. The Hall–Kier alpha value is -2.50. The van der Waals surface area contributed by atoms with Gasteiger partial charge in [-0.05, 0) is 45.9 Å². The van der Waals surface area contributed by atoms with Crippen molar-refractivity contribution in [3.8, 4) is 0 Å². The Morgan fingerprint density at radius 1 is 1.04 bits per heavy atom. The van der Waals surface area contributed by atoms with Crippen LogP contribution in [0, 0.1) is 13.8 Å². The third-order valence-corrected chi connectivity index (χ3v) is 4.68. The summed E-state index contributed by atoms with van der Waals surface area (Å²) in [4.78, 5) is 29.0. The van der Waals surface area contributed by atoms with Gasteiger partial charge in [-0.25, -0.2) is 0 Å². The molecule has 2 aromatic heterocycles. The van der Waals surface area contributed by atoms with E-state index in [0.29, 0.717) is 43.2 Å². The molecule has 1 saturated heterocycles. The fourth-order valence-corrected chi connectivity index (χ4v) is 3.31. The fraction of sp³-hybridized carbons (Fsp3) is 0.474. The minimum atomic E-state index is -0.0213. The van der Waals surface area contributed by atoms with E-state index in [4.69, 9.17) is 4.42 Å². The first kappa shape index (κ1) is 17.3. The highest BCUT2D eigenvalue weighted by molar-refractivity contribution is 5.96. The molecular weight excluding hydrogens is 318 g/mol. The summed E-state index contributed by atoms with van der Waals surface area (Å²) in [6.07, 6.45) is 1.93. The van der Waals surface area contributed by atoms with Crippen LogP contribution in [0.1, 0.15) is 52.3 Å². The molecule has 0 N–H and O–H groups in total.